The Morgan fingerprint density at radius 2 is 1.91 bits per heavy atom. The van der Waals surface area contributed by atoms with Crippen molar-refractivity contribution in [2.24, 2.45) is 5.92 Å². The summed E-state index contributed by atoms with van der Waals surface area (Å²) in [5, 5.41) is 2.71. The Morgan fingerprint density at radius 1 is 1.27 bits per heavy atom. The van der Waals surface area contributed by atoms with Crippen molar-refractivity contribution in [3.05, 3.63) is 29.8 Å². The number of rotatable bonds is 4. The van der Waals surface area contributed by atoms with Crippen molar-refractivity contribution < 1.29 is 9.59 Å². The third-order valence-corrected chi connectivity index (χ3v) is 4.11. The maximum Gasteiger partial charge on any atom is 0.221 e. The number of likely N-dealkylation sites (tertiary alicyclic amines) is 1. The minimum Gasteiger partial charge on any atom is -0.326 e. The molecule has 2 unspecified atom stereocenters. The van der Waals surface area contributed by atoms with Crippen LogP contribution in [0.3, 0.4) is 0 Å². The summed E-state index contributed by atoms with van der Waals surface area (Å²) in [6, 6.07) is 7.05. The lowest BCUT2D eigenvalue weighted by atomic mass is 9.96. The molecule has 1 aliphatic heterocycles. The van der Waals surface area contributed by atoms with Crippen molar-refractivity contribution in [3.63, 3.8) is 0 Å². The lowest BCUT2D eigenvalue weighted by Gasteiger charge is -2.34. The number of nitrogens with zero attached hydrogens (tertiary/aromatic N) is 1. The highest BCUT2D eigenvalue weighted by atomic mass is 35.5. The Hall–Kier alpha value is -1.39. The quantitative estimate of drug-likeness (QED) is 0.864. The molecule has 2 atom stereocenters. The van der Waals surface area contributed by atoms with E-state index in [1.54, 1.807) is 24.3 Å². The number of carbonyl (C=O) groups is 2. The Morgan fingerprint density at radius 3 is 2.45 bits per heavy atom. The molecule has 4 nitrogen and oxygen atoms in total. The first-order valence-electron chi connectivity index (χ1n) is 7.63. The molecule has 1 fully saturated rings. The number of hydrogen-bond donors (Lipinski definition) is 1. The predicted molar refractivity (Wildman–Crippen MR) is 91.8 cm³/mol. The molecule has 122 valence electrons. The monoisotopic (exact) mass is 324 g/mol. The summed E-state index contributed by atoms with van der Waals surface area (Å²) >= 11 is 0. The number of benzene rings is 1. The Labute approximate surface area is 138 Å². The topological polar surface area (TPSA) is 49.4 Å². The molecule has 0 aromatic heterocycles. The molecular formula is C17H25ClN2O2. The molecule has 0 spiro atoms. The van der Waals surface area contributed by atoms with Crippen molar-refractivity contribution in [1.82, 2.24) is 4.90 Å². The average Bonchev–Trinajstić information content (AvgIpc) is 2.46. The second kappa shape index (κ2) is 8.30. The molecule has 1 amide bonds. The van der Waals surface area contributed by atoms with Crippen LogP contribution >= 0.6 is 12.4 Å². The van der Waals surface area contributed by atoms with Crippen molar-refractivity contribution in [2.75, 3.05) is 18.4 Å². The van der Waals surface area contributed by atoms with Gasteiger partial charge in [0.15, 0.2) is 5.78 Å². The van der Waals surface area contributed by atoms with E-state index in [1.165, 1.54) is 19.8 Å². The first-order chi connectivity index (χ1) is 9.97. The summed E-state index contributed by atoms with van der Waals surface area (Å²) in [5.41, 5.74) is 1.42. The second-order valence-electron chi connectivity index (χ2n) is 6.04. The molecule has 2 rings (SSSR count). The van der Waals surface area contributed by atoms with Gasteiger partial charge in [0.25, 0.3) is 0 Å². The zero-order valence-electron chi connectivity index (χ0n) is 13.5. The van der Waals surface area contributed by atoms with Crippen LogP contribution in [0, 0.1) is 5.92 Å². The molecule has 1 aliphatic rings. The number of anilines is 1. The van der Waals surface area contributed by atoms with E-state index in [2.05, 4.69) is 17.1 Å². The van der Waals surface area contributed by atoms with Gasteiger partial charge < -0.3 is 5.32 Å². The number of ketones is 1. The van der Waals surface area contributed by atoms with Crippen molar-refractivity contribution >= 4 is 29.8 Å². The van der Waals surface area contributed by atoms with Crippen LogP contribution in [-0.4, -0.2) is 35.7 Å². The van der Waals surface area contributed by atoms with Gasteiger partial charge in [-0.25, -0.2) is 0 Å². The lowest BCUT2D eigenvalue weighted by Crippen LogP contribution is -2.44. The van der Waals surface area contributed by atoms with Gasteiger partial charge in [0, 0.05) is 24.7 Å². The van der Waals surface area contributed by atoms with Crippen LogP contribution in [0.25, 0.3) is 0 Å². The standard InChI is InChI=1S/C17H24N2O2.ClH/c1-12-5-4-10-19(11-12)13(2)17(21)15-6-8-16(9-7-15)18-14(3)20;/h6-9,12-13H,4-5,10-11H2,1-3H3,(H,18,20);1H. The van der Waals surface area contributed by atoms with Crippen LogP contribution in [0.2, 0.25) is 0 Å². The second-order valence-corrected chi connectivity index (χ2v) is 6.04. The fourth-order valence-electron chi connectivity index (χ4n) is 2.91. The van der Waals surface area contributed by atoms with Crippen molar-refractivity contribution in [2.45, 2.75) is 39.7 Å². The number of Topliss-reactive ketones (excluding diaryl/α,β-unsaturated/α-hetero) is 1. The highest BCUT2D eigenvalue weighted by Gasteiger charge is 2.26. The summed E-state index contributed by atoms with van der Waals surface area (Å²) in [7, 11) is 0. The largest absolute Gasteiger partial charge is 0.326 e. The van der Waals surface area contributed by atoms with Crippen molar-refractivity contribution in [3.8, 4) is 0 Å². The average molecular weight is 325 g/mol. The maximum absolute atomic E-state index is 12.6. The molecule has 0 aliphatic carbocycles. The van der Waals surface area contributed by atoms with Gasteiger partial charge in [0.2, 0.25) is 5.91 Å². The van der Waals surface area contributed by atoms with Gasteiger partial charge in [-0.1, -0.05) is 6.92 Å². The van der Waals surface area contributed by atoms with Gasteiger partial charge in [-0.05, 0) is 56.5 Å². The number of hydrogen-bond acceptors (Lipinski definition) is 3. The first kappa shape index (κ1) is 18.7. The van der Waals surface area contributed by atoms with E-state index in [-0.39, 0.29) is 30.1 Å². The molecule has 1 aromatic carbocycles. The van der Waals surface area contributed by atoms with Crippen LogP contribution in [0.15, 0.2) is 24.3 Å². The molecule has 1 heterocycles. The van der Waals surface area contributed by atoms with Gasteiger partial charge in [0.05, 0.1) is 6.04 Å². The van der Waals surface area contributed by atoms with E-state index in [0.29, 0.717) is 11.5 Å². The van der Waals surface area contributed by atoms with Gasteiger partial charge in [-0.15, -0.1) is 12.4 Å². The van der Waals surface area contributed by atoms with E-state index in [1.807, 2.05) is 6.92 Å². The molecule has 1 N–H and O–H groups in total. The molecule has 0 saturated carbocycles. The molecule has 1 saturated heterocycles. The fourth-order valence-corrected chi connectivity index (χ4v) is 2.91. The van der Waals surface area contributed by atoms with Gasteiger partial charge in [0.1, 0.15) is 0 Å². The predicted octanol–water partition coefficient (Wildman–Crippen LogP) is 3.37. The summed E-state index contributed by atoms with van der Waals surface area (Å²) in [6.45, 7) is 7.70. The number of halogens is 1. The van der Waals surface area contributed by atoms with Crippen LogP contribution in [0.4, 0.5) is 5.69 Å². The van der Waals surface area contributed by atoms with Gasteiger partial charge >= 0.3 is 0 Å². The Balaban J connectivity index is 0.00000242. The van der Waals surface area contributed by atoms with E-state index < -0.39 is 0 Å². The van der Waals surface area contributed by atoms with Gasteiger partial charge in [-0.3, -0.25) is 14.5 Å². The van der Waals surface area contributed by atoms with E-state index in [9.17, 15) is 9.59 Å². The van der Waals surface area contributed by atoms with E-state index >= 15 is 0 Å². The fraction of sp³-hybridized carbons (Fsp3) is 0.529. The van der Waals surface area contributed by atoms with Crippen LogP contribution in [-0.2, 0) is 4.79 Å². The van der Waals surface area contributed by atoms with Crippen LogP contribution < -0.4 is 5.32 Å². The number of piperidine rings is 1. The Kier molecular flexibility index (Phi) is 7.04. The highest BCUT2D eigenvalue weighted by molar-refractivity contribution is 6.00. The SMILES string of the molecule is CC(=O)Nc1ccc(C(=O)C(C)N2CCCC(C)C2)cc1.Cl. The van der Waals surface area contributed by atoms with E-state index in [0.717, 1.165) is 18.8 Å². The molecule has 1 aromatic rings. The lowest BCUT2D eigenvalue weighted by molar-refractivity contribution is -0.114. The zero-order valence-corrected chi connectivity index (χ0v) is 14.3. The molecule has 0 bridgehead atoms. The molecule has 22 heavy (non-hydrogen) atoms. The van der Waals surface area contributed by atoms with Crippen LogP contribution in [0.5, 0.6) is 0 Å². The number of carbonyl (C=O) groups excluding carboxylic acids is 2. The minimum absolute atomic E-state index is 0. The summed E-state index contributed by atoms with van der Waals surface area (Å²) < 4.78 is 0. The maximum atomic E-state index is 12.6. The van der Waals surface area contributed by atoms with E-state index in [4.69, 9.17) is 0 Å². The normalized spacial score (nSPS) is 19.9. The smallest absolute Gasteiger partial charge is 0.221 e. The summed E-state index contributed by atoms with van der Waals surface area (Å²) in [6.07, 6.45) is 2.42. The minimum atomic E-state index is -0.107. The van der Waals surface area contributed by atoms with Crippen LogP contribution in [0.1, 0.15) is 44.0 Å². The third-order valence-electron chi connectivity index (χ3n) is 4.11. The third kappa shape index (κ3) is 4.82. The van der Waals surface area contributed by atoms with Crippen molar-refractivity contribution in [1.29, 1.82) is 0 Å². The summed E-state index contributed by atoms with van der Waals surface area (Å²) in [5.74, 6) is 0.708. The number of amides is 1. The molecular weight excluding hydrogens is 300 g/mol. The molecule has 5 heteroatoms. The zero-order chi connectivity index (χ0) is 15.4. The molecule has 0 radical (unpaired) electrons. The number of nitrogens with one attached hydrogen (secondary N) is 1. The Bertz CT molecular complexity index is 516. The first-order valence-corrected chi connectivity index (χ1v) is 7.63. The summed E-state index contributed by atoms with van der Waals surface area (Å²) in [4.78, 5) is 25.8. The highest BCUT2D eigenvalue weighted by Crippen LogP contribution is 2.20. The van der Waals surface area contributed by atoms with Gasteiger partial charge in [-0.2, -0.15) is 0 Å².